The van der Waals surface area contributed by atoms with E-state index in [2.05, 4.69) is 16.8 Å². The first-order chi connectivity index (χ1) is 6.83. The fourth-order valence-corrected chi connectivity index (χ4v) is 3.20. The van der Waals surface area contributed by atoms with Crippen LogP contribution in [-0.2, 0) is 4.74 Å². The lowest BCUT2D eigenvalue weighted by Gasteiger charge is -2.39. The summed E-state index contributed by atoms with van der Waals surface area (Å²) in [5, 5.41) is 0. The average Bonchev–Trinajstić information content (AvgIpc) is 2.80. The summed E-state index contributed by atoms with van der Waals surface area (Å²) >= 11 is 0. The van der Waals surface area contributed by atoms with Crippen LogP contribution in [0.15, 0.2) is 0 Å². The van der Waals surface area contributed by atoms with Crippen LogP contribution in [0.25, 0.3) is 0 Å². The van der Waals surface area contributed by atoms with E-state index in [0.717, 1.165) is 18.7 Å². The minimum atomic E-state index is 0.569. The third-order valence-electron chi connectivity index (χ3n) is 4.10. The van der Waals surface area contributed by atoms with Crippen molar-refractivity contribution in [2.45, 2.75) is 37.5 Å². The number of nitrogens with zero attached hydrogens (tertiary/aromatic N) is 2. The molecule has 0 aromatic rings. The number of hydrogen-bond acceptors (Lipinski definition) is 3. The lowest BCUT2D eigenvalue weighted by Crippen LogP contribution is -2.48. The van der Waals surface area contributed by atoms with Crippen molar-refractivity contribution < 1.29 is 4.74 Å². The molecule has 14 heavy (non-hydrogen) atoms. The van der Waals surface area contributed by atoms with Crippen LogP contribution in [-0.4, -0.2) is 61.3 Å². The van der Waals surface area contributed by atoms with Gasteiger partial charge in [-0.25, -0.2) is 0 Å². The predicted molar refractivity (Wildman–Crippen MR) is 55.4 cm³/mol. The second kappa shape index (κ2) is 3.47. The summed E-state index contributed by atoms with van der Waals surface area (Å²) in [7, 11) is 2.23. The molecule has 2 bridgehead atoms. The van der Waals surface area contributed by atoms with E-state index in [4.69, 9.17) is 4.74 Å². The topological polar surface area (TPSA) is 15.7 Å². The van der Waals surface area contributed by atoms with Gasteiger partial charge in [-0.05, 0) is 39.4 Å². The van der Waals surface area contributed by atoms with E-state index >= 15 is 0 Å². The summed E-state index contributed by atoms with van der Waals surface area (Å²) in [6, 6.07) is 1.61. The number of ether oxygens (including phenoxy) is 1. The molecule has 0 radical (unpaired) electrons. The summed E-state index contributed by atoms with van der Waals surface area (Å²) in [6.07, 6.45) is 4.59. The van der Waals surface area contributed by atoms with Crippen molar-refractivity contribution in [1.29, 1.82) is 0 Å². The number of piperidine rings is 1. The molecule has 3 rings (SSSR count). The molecule has 3 aliphatic heterocycles. The van der Waals surface area contributed by atoms with E-state index in [-0.39, 0.29) is 0 Å². The number of morpholine rings is 1. The number of rotatable bonds is 1. The standard InChI is InChI=1S/C11H20N2O/c1-12-4-2-9(3-5-12)13-7-11-6-10(13)8-14-11/h9-11H,2-8H2,1H3. The first-order valence-corrected chi connectivity index (χ1v) is 5.89. The van der Waals surface area contributed by atoms with Gasteiger partial charge in [0.2, 0.25) is 0 Å². The van der Waals surface area contributed by atoms with Gasteiger partial charge in [-0.3, -0.25) is 4.90 Å². The highest BCUT2D eigenvalue weighted by Crippen LogP contribution is 2.32. The van der Waals surface area contributed by atoms with Gasteiger partial charge in [-0.15, -0.1) is 0 Å². The second-order valence-corrected chi connectivity index (χ2v) is 5.08. The summed E-state index contributed by atoms with van der Waals surface area (Å²) in [5.74, 6) is 0. The van der Waals surface area contributed by atoms with Gasteiger partial charge >= 0.3 is 0 Å². The van der Waals surface area contributed by atoms with Crippen LogP contribution < -0.4 is 0 Å². The molecule has 0 N–H and O–H groups in total. The molecule has 3 heterocycles. The van der Waals surface area contributed by atoms with Crippen molar-refractivity contribution in [3.8, 4) is 0 Å². The van der Waals surface area contributed by atoms with Crippen molar-refractivity contribution in [3.05, 3.63) is 0 Å². The summed E-state index contributed by atoms with van der Waals surface area (Å²) in [5.41, 5.74) is 0. The van der Waals surface area contributed by atoms with E-state index in [1.807, 2.05) is 0 Å². The van der Waals surface area contributed by atoms with Crippen LogP contribution in [0.3, 0.4) is 0 Å². The normalized spacial score (nSPS) is 40.9. The van der Waals surface area contributed by atoms with Crippen LogP contribution in [0.1, 0.15) is 19.3 Å². The average molecular weight is 196 g/mol. The Morgan fingerprint density at radius 2 is 1.93 bits per heavy atom. The second-order valence-electron chi connectivity index (χ2n) is 5.08. The van der Waals surface area contributed by atoms with Crippen molar-refractivity contribution in [1.82, 2.24) is 9.80 Å². The zero-order valence-electron chi connectivity index (χ0n) is 8.98. The zero-order valence-corrected chi connectivity index (χ0v) is 8.98. The van der Waals surface area contributed by atoms with Crippen molar-refractivity contribution >= 4 is 0 Å². The third kappa shape index (κ3) is 1.47. The number of hydrogen-bond donors (Lipinski definition) is 0. The first kappa shape index (κ1) is 9.13. The molecule has 2 atom stereocenters. The molecule has 3 fully saturated rings. The van der Waals surface area contributed by atoms with E-state index in [0.29, 0.717) is 6.10 Å². The monoisotopic (exact) mass is 196 g/mol. The molecule has 0 aromatic heterocycles. The third-order valence-corrected chi connectivity index (χ3v) is 4.10. The highest BCUT2D eigenvalue weighted by molar-refractivity contribution is 4.95. The smallest absolute Gasteiger partial charge is 0.0718 e. The fourth-order valence-electron chi connectivity index (χ4n) is 3.20. The summed E-state index contributed by atoms with van der Waals surface area (Å²) in [4.78, 5) is 5.17. The van der Waals surface area contributed by atoms with Gasteiger partial charge in [0.25, 0.3) is 0 Å². The highest BCUT2D eigenvalue weighted by atomic mass is 16.5. The Morgan fingerprint density at radius 3 is 2.50 bits per heavy atom. The fraction of sp³-hybridized carbons (Fsp3) is 1.00. The maximum Gasteiger partial charge on any atom is 0.0718 e. The Morgan fingerprint density at radius 1 is 1.14 bits per heavy atom. The molecule has 3 aliphatic rings. The molecule has 0 saturated carbocycles. The molecule has 3 nitrogen and oxygen atoms in total. The van der Waals surface area contributed by atoms with Gasteiger partial charge in [0.15, 0.2) is 0 Å². The van der Waals surface area contributed by atoms with Gasteiger partial charge in [0.05, 0.1) is 12.7 Å². The van der Waals surface area contributed by atoms with Crippen LogP contribution >= 0.6 is 0 Å². The molecule has 3 saturated heterocycles. The highest BCUT2D eigenvalue weighted by Gasteiger charge is 2.42. The van der Waals surface area contributed by atoms with Crippen LogP contribution in [0.5, 0.6) is 0 Å². The van der Waals surface area contributed by atoms with Gasteiger partial charge in [-0.1, -0.05) is 0 Å². The Labute approximate surface area is 86.0 Å². The molecular formula is C11H20N2O. The lowest BCUT2D eigenvalue weighted by atomic mass is 10.0. The molecule has 2 unspecified atom stereocenters. The van der Waals surface area contributed by atoms with Crippen LogP contribution in [0.4, 0.5) is 0 Å². The molecule has 0 spiro atoms. The van der Waals surface area contributed by atoms with Crippen LogP contribution in [0, 0.1) is 0 Å². The first-order valence-electron chi connectivity index (χ1n) is 5.89. The van der Waals surface area contributed by atoms with Gasteiger partial charge in [0.1, 0.15) is 0 Å². The maximum atomic E-state index is 5.64. The lowest BCUT2D eigenvalue weighted by molar-refractivity contribution is -0.00129. The van der Waals surface area contributed by atoms with Gasteiger partial charge in [-0.2, -0.15) is 0 Å². The van der Waals surface area contributed by atoms with E-state index in [1.54, 1.807) is 0 Å². The minimum absolute atomic E-state index is 0.569. The van der Waals surface area contributed by atoms with Crippen molar-refractivity contribution in [3.63, 3.8) is 0 Å². The summed E-state index contributed by atoms with van der Waals surface area (Å²) in [6.45, 7) is 4.76. The van der Waals surface area contributed by atoms with Gasteiger partial charge < -0.3 is 9.64 Å². The molecular weight excluding hydrogens is 176 g/mol. The Bertz CT molecular complexity index is 213. The number of likely N-dealkylation sites (tertiary alicyclic amines) is 2. The van der Waals surface area contributed by atoms with E-state index in [9.17, 15) is 0 Å². The Balaban J connectivity index is 1.61. The molecule has 0 aliphatic carbocycles. The zero-order chi connectivity index (χ0) is 9.54. The van der Waals surface area contributed by atoms with Gasteiger partial charge in [0, 0.05) is 18.6 Å². The summed E-state index contributed by atoms with van der Waals surface area (Å²) < 4.78 is 5.64. The van der Waals surface area contributed by atoms with E-state index < -0.39 is 0 Å². The molecule has 3 heteroatoms. The maximum absolute atomic E-state index is 5.64. The quantitative estimate of drug-likeness (QED) is 0.609. The predicted octanol–water partition coefficient (Wildman–Crippen LogP) is 0.554. The number of fused-ring (bicyclic) bond motifs is 2. The molecule has 80 valence electrons. The molecule has 0 aromatic carbocycles. The van der Waals surface area contributed by atoms with Crippen LogP contribution in [0.2, 0.25) is 0 Å². The SMILES string of the molecule is CN1CCC(N2CC3CC2CO3)CC1. The minimum Gasteiger partial charge on any atom is -0.375 e. The Hall–Kier alpha value is -0.120. The molecule has 0 amide bonds. The van der Waals surface area contributed by atoms with Crippen molar-refractivity contribution in [2.75, 3.05) is 33.3 Å². The largest absolute Gasteiger partial charge is 0.375 e. The van der Waals surface area contributed by atoms with Crippen molar-refractivity contribution in [2.24, 2.45) is 0 Å². The van der Waals surface area contributed by atoms with E-state index in [1.165, 1.54) is 38.9 Å². The Kier molecular flexibility index (Phi) is 2.26.